The molecule has 2 heterocycles. The molecule has 32 heavy (non-hydrogen) atoms. The maximum Gasteiger partial charge on any atom is 0.410 e. The first-order valence-corrected chi connectivity index (χ1v) is 15.2. The summed E-state index contributed by atoms with van der Waals surface area (Å²) < 4.78 is 12.3. The molecule has 7 heteroatoms. The molecule has 0 unspecified atom stereocenters. The first-order chi connectivity index (χ1) is 14.7. The van der Waals surface area contributed by atoms with E-state index >= 15 is 0 Å². The normalized spacial score (nSPS) is 22.2. The van der Waals surface area contributed by atoms with Crippen molar-refractivity contribution in [2.45, 2.75) is 96.6 Å². The van der Waals surface area contributed by atoms with Crippen molar-refractivity contribution < 1.29 is 14.0 Å². The highest BCUT2D eigenvalue weighted by molar-refractivity contribution is 6.74. The van der Waals surface area contributed by atoms with Crippen LogP contribution in [0.1, 0.15) is 59.9 Å². The predicted octanol–water partition coefficient (Wildman–Crippen LogP) is 6.49. The van der Waals surface area contributed by atoms with Crippen LogP contribution in [0.2, 0.25) is 23.2 Å². The first-order valence-electron chi connectivity index (χ1n) is 11.9. The molecule has 180 valence electrons. The highest BCUT2D eigenvalue weighted by atomic mass is 35.5. The van der Waals surface area contributed by atoms with Gasteiger partial charge in [-0.25, -0.2) is 4.79 Å². The topological polar surface area (TPSA) is 42.0 Å². The number of fused-ring (bicyclic) bond motifs is 1. The number of rotatable bonds is 4. The summed E-state index contributed by atoms with van der Waals surface area (Å²) in [5, 5.41) is 0.917. The lowest BCUT2D eigenvalue weighted by atomic mass is 9.99. The van der Waals surface area contributed by atoms with E-state index < -0.39 is 13.9 Å². The molecular weight excluding hydrogens is 440 g/mol. The molecule has 1 amide bonds. The quantitative estimate of drug-likeness (QED) is 0.461. The van der Waals surface area contributed by atoms with Gasteiger partial charge in [-0.3, -0.25) is 0 Å². The SMILES string of the molecule is CC(C)(C)OC(=O)N1C[C@H](N2CCCc3cc(Cl)ccc32)C[C@H]1CO[Si](C)(C)C(C)(C)C. The van der Waals surface area contributed by atoms with E-state index in [0.29, 0.717) is 13.2 Å². The van der Waals surface area contributed by atoms with E-state index in [1.54, 1.807) is 0 Å². The zero-order valence-electron chi connectivity index (χ0n) is 21.1. The van der Waals surface area contributed by atoms with Crippen LogP contribution in [0.5, 0.6) is 0 Å². The van der Waals surface area contributed by atoms with Gasteiger partial charge < -0.3 is 19.0 Å². The van der Waals surface area contributed by atoms with E-state index in [1.165, 1.54) is 11.3 Å². The van der Waals surface area contributed by atoms with Crippen LogP contribution in [0.15, 0.2) is 18.2 Å². The Morgan fingerprint density at radius 2 is 1.88 bits per heavy atom. The van der Waals surface area contributed by atoms with Gasteiger partial charge in [-0.2, -0.15) is 0 Å². The van der Waals surface area contributed by atoms with Crippen molar-refractivity contribution in [1.82, 2.24) is 4.90 Å². The summed E-state index contributed by atoms with van der Waals surface area (Å²) in [5.74, 6) is 0. The van der Waals surface area contributed by atoms with Gasteiger partial charge in [0.15, 0.2) is 8.32 Å². The summed E-state index contributed by atoms with van der Waals surface area (Å²) in [6.07, 6.45) is 2.79. The van der Waals surface area contributed by atoms with Crippen LogP contribution in [0.25, 0.3) is 0 Å². The molecule has 2 aliphatic rings. The molecule has 1 aromatic carbocycles. The van der Waals surface area contributed by atoms with Crippen molar-refractivity contribution in [1.29, 1.82) is 0 Å². The van der Waals surface area contributed by atoms with Gasteiger partial charge in [0.1, 0.15) is 5.60 Å². The van der Waals surface area contributed by atoms with E-state index in [0.717, 1.165) is 30.8 Å². The van der Waals surface area contributed by atoms with Crippen molar-refractivity contribution >= 4 is 31.7 Å². The molecule has 2 atom stereocenters. The number of benzene rings is 1. The predicted molar refractivity (Wildman–Crippen MR) is 135 cm³/mol. The van der Waals surface area contributed by atoms with Crippen LogP contribution < -0.4 is 4.90 Å². The molecule has 0 aromatic heterocycles. The Kier molecular flexibility index (Phi) is 7.29. The number of halogens is 1. The third kappa shape index (κ3) is 5.81. The number of carbonyl (C=O) groups excluding carboxylic acids is 1. The third-order valence-electron chi connectivity index (χ3n) is 7.10. The summed E-state index contributed by atoms with van der Waals surface area (Å²) in [5.41, 5.74) is 2.03. The maximum absolute atomic E-state index is 13.1. The Morgan fingerprint density at radius 3 is 2.50 bits per heavy atom. The molecule has 0 bridgehead atoms. The van der Waals surface area contributed by atoms with Gasteiger partial charge in [0.05, 0.1) is 12.6 Å². The summed E-state index contributed by atoms with van der Waals surface area (Å²) in [6, 6.07) is 6.45. The van der Waals surface area contributed by atoms with E-state index in [4.69, 9.17) is 20.8 Å². The molecule has 0 saturated carbocycles. The van der Waals surface area contributed by atoms with Crippen molar-refractivity contribution in [2.24, 2.45) is 0 Å². The number of likely N-dealkylation sites (tertiary alicyclic amines) is 1. The van der Waals surface area contributed by atoms with Crippen LogP contribution in [0.4, 0.5) is 10.5 Å². The number of hydrogen-bond donors (Lipinski definition) is 0. The minimum Gasteiger partial charge on any atom is -0.444 e. The Hall–Kier alpha value is -1.24. The summed E-state index contributed by atoms with van der Waals surface area (Å²) in [4.78, 5) is 17.5. The van der Waals surface area contributed by atoms with Gasteiger partial charge >= 0.3 is 6.09 Å². The highest BCUT2D eigenvalue weighted by Crippen LogP contribution is 2.38. The molecule has 1 fully saturated rings. The van der Waals surface area contributed by atoms with Gasteiger partial charge in [-0.1, -0.05) is 32.4 Å². The molecule has 5 nitrogen and oxygen atoms in total. The highest BCUT2D eigenvalue weighted by Gasteiger charge is 2.43. The molecule has 0 spiro atoms. The van der Waals surface area contributed by atoms with Crippen LogP contribution >= 0.6 is 11.6 Å². The molecule has 3 rings (SSSR count). The number of aryl methyl sites for hydroxylation is 1. The average molecular weight is 481 g/mol. The fourth-order valence-corrected chi connectivity index (χ4v) is 5.55. The van der Waals surface area contributed by atoms with Crippen LogP contribution in [0, 0.1) is 0 Å². The maximum atomic E-state index is 13.1. The summed E-state index contributed by atoms with van der Waals surface area (Å²) >= 11 is 6.25. The Labute approximate surface area is 200 Å². The largest absolute Gasteiger partial charge is 0.444 e. The van der Waals surface area contributed by atoms with Crippen LogP contribution in [-0.4, -0.2) is 56.7 Å². The second-order valence-electron chi connectivity index (χ2n) is 11.8. The van der Waals surface area contributed by atoms with Crippen molar-refractivity contribution in [2.75, 3.05) is 24.6 Å². The van der Waals surface area contributed by atoms with Crippen LogP contribution in [-0.2, 0) is 15.6 Å². The third-order valence-corrected chi connectivity index (χ3v) is 11.8. The molecule has 0 aliphatic carbocycles. The number of anilines is 1. The second-order valence-corrected chi connectivity index (χ2v) is 17.1. The van der Waals surface area contributed by atoms with E-state index in [9.17, 15) is 4.79 Å². The van der Waals surface area contributed by atoms with E-state index in [1.807, 2.05) is 31.7 Å². The van der Waals surface area contributed by atoms with E-state index in [-0.39, 0.29) is 23.2 Å². The van der Waals surface area contributed by atoms with E-state index in [2.05, 4.69) is 50.9 Å². The minimum atomic E-state index is -1.92. The van der Waals surface area contributed by atoms with Crippen molar-refractivity contribution in [3.05, 3.63) is 28.8 Å². The minimum absolute atomic E-state index is 0.0154. The number of nitrogens with zero attached hydrogens (tertiary/aromatic N) is 2. The number of ether oxygens (including phenoxy) is 1. The Morgan fingerprint density at radius 1 is 1.19 bits per heavy atom. The van der Waals surface area contributed by atoms with Gasteiger partial charge in [-0.15, -0.1) is 0 Å². The smallest absolute Gasteiger partial charge is 0.410 e. The summed E-state index contributed by atoms with van der Waals surface area (Å²) in [6.45, 7) is 19.3. The standard InChI is InChI=1S/C25H41ClN2O3Si/c1-24(2,3)31-23(29)28-16-20(15-21(28)17-30-32(7,8)25(4,5)6)27-13-9-10-18-14-19(26)11-12-22(18)27/h11-12,14,20-21H,9-10,13,15-17H2,1-8H3/t20-,21+/m1/s1. The van der Waals surface area contributed by atoms with Gasteiger partial charge in [-0.05, 0) is 81.9 Å². The molecule has 0 radical (unpaired) electrons. The Balaban J connectivity index is 1.81. The molecular formula is C25H41ClN2O3Si. The lowest BCUT2D eigenvalue weighted by Crippen LogP contribution is -2.47. The monoisotopic (exact) mass is 480 g/mol. The van der Waals surface area contributed by atoms with Gasteiger partial charge in [0.25, 0.3) is 0 Å². The zero-order chi connectivity index (χ0) is 23.9. The first kappa shape index (κ1) is 25.4. The molecule has 1 aromatic rings. The fraction of sp³-hybridized carbons (Fsp3) is 0.720. The summed E-state index contributed by atoms with van der Waals surface area (Å²) in [7, 11) is -1.92. The Bertz CT molecular complexity index is 831. The van der Waals surface area contributed by atoms with Crippen LogP contribution in [0.3, 0.4) is 0 Å². The second kappa shape index (κ2) is 9.19. The number of amides is 1. The fourth-order valence-electron chi connectivity index (χ4n) is 4.32. The van der Waals surface area contributed by atoms with Gasteiger partial charge in [0.2, 0.25) is 0 Å². The number of hydrogen-bond acceptors (Lipinski definition) is 4. The van der Waals surface area contributed by atoms with Gasteiger partial charge in [0, 0.05) is 29.8 Å². The molecule has 1 saturated heterocycles. The zero-order valence-corrected chi connectivity index (χ0v) is 22.9. The number of carbonyl (C=O) groups is 1. The van der Waals surface area contributed by atoms with Crippen molar-refractivity contribution in [3.8, 4) is 0 Å². The molecule has 2 aliphatic heterocycles. The van der Waals surface area contributed by atoms with Crippen molar-refractivity contribution in [3.63, 3.8) is 0 Å². The lowest BCUT2D eigenvalue weighted by molar-refractivity contribution is 0.0180. The lowest BCUT2D eigenvalue weighted by Gasteiger charge is -2.38. The molecule has 0 N–H and O–H groups in total. The average Bonchev–Trinajstić information content (AvgIpc) is 3.08.